The predicted octanol–water partition coefficient (Wildman–Crippen LogP) is 5.81. The summed E-state index contributed by atoms with van der Waals surface area (Å²) in [6, 6.07) is 15.6. The van der Waals surface area contributed by atoms with Crippen molar-refractivity contribution in [1.29, 1.82) is 0 Å². The lowest BCUT2D eigenvalue weighted by atomic mass is 9.87. The van der Waals surface area contributed by atoms with Crippen molar-refractivity contribution in [3.8, 4) is 0 Å². The Morgan fingerprint density at radius 3 is 2.58 bits per heavy atom. The Morgan fingerprint density at radius 2 is 1.82 bits per heavy atom. The third-order valence-electron chi connectivity index (χ3n) is 6.00. The van der Waals surface area contributed by atoms with Gasteiger partial charge in [-0.1, -0.05) is 37.5 Å². The van der Waals surface area contributed by atoms with Gasteiger partial charge in [0.05, 0.1) is 6.33 Å². The van der Waals surface area contributed by atoms with E-state index >= 15 is 0 Å². The first-order valence-electron chi connectivity index (χ1n) is 11.4. The van der Waals surface area contributed by atoms with Gasteiger partial charge in [-0.3, -0.25) is 9.59 Å². The molecule has 0 saturated heterocycles. The summed E-state index contributed by atoms with van der Waals surface area (Å²) in [6.07, 6.45) is 12.1. The average molecular weight is 463 g/mol. The van der Waals surface area contributed by atoms with Crippen molar-refractivity contribution in [2.45, 2.75) is 50.0 Å². The van der Waals surface area contributed by atoms with Gasteiger partial charge in [0.15, 0.2) is 0 Å². The molecule has 2 aromatic carbocycles. The summed E-state index contributed by atoms with van der Waals surface area (Å²) < 4.78 is 1.88. The van der Waals surface area contributed by atoms with Crippen LogP contribution in [0.5, 0.6) is 0 Å². The van der Waals surface area contributed by atoms with Crippen LogP contribution in [-0.2, 0) is 11.3 Å². The van der Waals surface area contributed by atoms with E-state index in [0.717, 1.165) is 21.8 Å². The van der Waals surface area contributed by atoms with E-state index in [9.17, 15) is 9.59 Å². The van der Waals surface area contributed by atoms with E-state index in [0.29, 0.717) is 24.6 Å². The molecule has 0 bridgehead atoms. The first-order valence-corrected chi connectivity index (χ1v) is 12.7. The molecule has 1 aromatic heterocycles. The standard InChI is InChI=1S/C26H30N4O2S/c1-33-23-9-5-8-22(15-23)29-26(32)24-17-30(18-27-24)16-20-10-12-21(13-11-20)28-25(31)14-19-6-3-2-4-7-19/h5,8-13,15,17-19H,2-4,6-7,14,16H2,1H3,(H,28,31)(H,29,32). The number of nitrogens with zero attached hydrogens (tertiary/aromatic N) is 2. The second-order valence-corrected chi connectivity index (χ2v) is 9.45. The fraction of sp³-hybridized carbons (Fsp3) is 0.346. The SMILES string of the molecule is CSc1cccc(NC(=O)c2cn(Cc3ccc(NC(=O)CC4CCCCC4)cc3)cn2)c1. The average Bonchev–Trinajstić information content (AvgIpc) is 3.30. The summed E-state index contributed by atoms with van der Waals surface area (Å²) in [5.74, 6) is 0.395. The highest BCUT2D eigenvalue weighted by Crippen LogP contribution is 2.26. The molecule has 4 rings (SSSR count). The molecule has 1 aliphatic rings. The van der Waals surface area contributed by atoms with Gasteiger partial charge in [0.25, 0.3) is 5.91 Å². The molecule has 172 valence electrons. The number of rotatable bonds is 8. The van der Waals surface area contributed by atoms with Crippen LogP contribution in [0.15, 0.2) is 66.0 Å². The second-order valence-electron chi connectivity index (χ2n) is 8.57. The molecule has 6 nitrogen and oxygen atoms in total. The fourth-order valence-electron chi connectivity index (χ4n) is 4.23. The number of imidazole rings is 1. The van der Waals surface area contributed by atoms with E-state index < -0.39 is 0 Å². The maximum Gasteiger partial charge on any atom is 0.275 e. The number of amides is 2. The molecule has 33 heavy (non-hydrogen) atoms. The number of thioether (sulfide) groups is 1. The number of hydrogen-bond donors (Lipinski definition) is 2. The Bertz CT molecular complexity index is 1090. The Kier molecular flexibility index (Phi) is 7.83. The summed E-state index contributed by atoms with van der Waals surface area (Å²) in [4.78, 5) is 30.2. The van der Waals surface area contributed by atoms with Gasteiger partial charge < -0.3 is 15.2 Å². The zero-order chi connectivity index (χ0) is 23.0. The van der Waals surface area contributed by atoms with Crippen LogP contribution >= 0.6 is 11.8 Å². The minimum Gasteiger partial charge on any atom is -0.332 e. The first-order chi connectivity index (χ1) is 16.1. The van der Waals surface area contributed by atoms with Crippen LogP contribution in [0.3, 0.4) is 0 Å². The van der Waals surface area contributed by atoms with Crippen LogP contribution in [0.25, 0.3) is 0 Å². The lowest BCUT2D eigenvalue weighted by Crippen LogP contribution is -2.18. The summed E-state index contributed by atoms with van der Waals surface area (Å²) in [7, 11) is 0. The zero-order valence-corrected chi connectivity index (χ0v) is 19.7. The maximum absolute atomic E-state index is 12.5. The van der Waals surface area contributed by atoms with Crippen molar-refractivity contribution in [3.05, 3.63) is 72.3 Å². The van der Waals surface area contributed by atoms with Crippen molar-refractivity contribution in [2.75, 3.05) is 16.9 Å². The van der Waals surface area contributed by atoms with Crippen molar-refractivity contribution < 1.29 is 9.59 Å². The lowest BCUT2D eigenvalue weighted by Gasteiger charge is -2.20. The molecular weight excluding hydrogens is 432 g/mol. The minimum absolute atomic E-state index is 0.1000. The molecule has 1 fully saturated rings. The van der Waals surface area contributed by atoms with Crippen LogP contribution < -0.4 is 10.6 Å². The van der Waals surface area contributed by atoms with E-state index in [1.54, 1.807) is 24.3 Å². The second kappa shape index (κ2) is 11.2. The largest absolute Gasteiger partial charge is 0.332 e. The Balaban J connectivity index is 1.29. The summed E-state index contributed by atoms with van der Waals surface area (Å²) in [5, 5.41) is 5.91. The molecule has 3 aromatic rings. The Morgan fingerprint density at radius 1 is 1.03 bits per heavy atom. The molecular formula is C26H30N4O2S. The molecule has 0 radical (unpaired) electrons. The number of carbonyl (C=O) groups excluding carboxylic acids is 2. The molecule has 7 heteroatoms. The Hall–Kier alpha value is -3.06. The summed E-state index contributed by atoms with van der Waals surface area (Å²) in [6.45, 7) is 0.596. The van der Waals surface area contributed by atoms with Gasteiger partial charge in [-0.05, 0) is 60.9 Å². The molecule has 0 atom stereocenters. The summed E-state index contributed by atoms with van der Waals surface area (Å²) >= 11 is 1.63. The molecule has 1 saturated carbocycles. The van der Waals surface area contributed by atoms with Crippen LogP contribution in [0, 0.1) is 5.92 Å². The van der Waals surface area contributed by atoms with Gasteiger partial charge in [0.1, 0.15) is 5.69 Å². The van der Waals surface area contributed by atoms with Gasteiger partial charge in [-0.25, -0.2) is 4.98 Å². The van der Waals surface area contributed by atoms with E-state index in [-0.39, 0.29) is 11.8 Å². The number of anilines is 2. The third-order valence-corrected chi connectivity index (χ3v) is 6.72. The molecule has 1 heterocycles. The monoisotopic (exact) mass is 462 g/mol. The molecule has 0 spiro atoms. The van der Waals surface area contributed by atoms with Crippen LogP contribution in [0.2, 0.25) is 0 Å². The van der Waals surface area contributed by atoms with Crippen molar-refractivity contribution in [1.82, 2.24) is 9.55 Å². The van der Waals surface area contributed by atoms with E-state index in [2.05, 4.69) is 15.6 Å². The van der Waals surface area contributed by atoms with Crippen molar-refractivity contribution in [3.63, 3.8) is 0 Å². The number of benzene rings is 2. The van der Waals surface area contributed by atoms with Gasteiger partial charge in [0.2, 0.25) is 5.91 Å². The maximum atomic E-state index is 12.5. The van der Waals surface area contributed by atoms with Gasteiger partial charge in [-0.2, -0.15) is 0 Å². The van der Waals surface area contributed by atoms with Crippen LogP contribution in [0.1, 0.15) is 54.6 Å². The summed E-state index contributed by atoms with van der Waals surface area (Å²) in [5.41, 5.74) is 3.01. The lowest BCUT2D eigenvalue weighted by molar-refractivity contribution is -0.117. The van der Waals surface area contributed by atoms with Crippen molar-refractivity contribution in [2.24, 2.45) is 5.92 Å². The van der Waals surface area contributed by atoms with Gasteiger partial charge in [0, 0.05) is 35.4 Å². The molecule has 0 aliphatic heterocycles. The first kappa shape index (κ1) is 23.1. The normalized spacial score (nSPS) is 14.1. The third kappa shape index (κ3) is 6.71. The quantitative estimate of drug-likeness (QED) is 0.414. The Labute approximate surface area is 199 Å². The zero-order valence-electron chi connectivity index (χ0n) is 18.9. The predicted molar refractivity (Wildman–Crippen MR) is 134 cm³/mol. The highest BCUT2D eigenvalue weighted by Gasteiger charge is 2.17. The smallest absolute Gasteiger partial charge is 0.275 e. The number of nitrogens with one attached hydrogen (secondary N) is 2. The number of aromatic nitrogens is 2. The van der Waals surface area contributed by atoms with Crippen LogP contribution in [0.4, 0.5) is 11.4 Å². The highest BCUT2D eigenvalue weighted by atomic mass is 32.2. The molecule has 1 aliphatic carbocycles. The van der Waals surface area contributed by atoms with Gasteiger partial charge in [-0.15, -0.1) is 11.8 Å². The topological polar surface area (TPSA) is 76.0 Å². The van der Waals surface area contributed by atoms with E-state index in [1.807, 2.05) is 59.4 Å². The highest BCUT2D eigenvalue weighted by molar-refractivity contribution is 7.98. The molecule has 2 N–H and O–H groups in total. The van der Waals surface area contributed by atoms with Gasteiger partial charge >= 0.3 is 0 Å². The fourth-order valence-corrected chi connectivity index (χ4v) is 4.69. The number of hydrogen-bond acceptors (Lipinski definition) is 4. The number of carbonyl (C=O) groups is 2. The molecule has 2 amide bonds. The minimum atomic E-state index is -0.233. The van der Waals surface area contributed by atoms with E-state index in [4.69, 9.17) is 0 Å². The van der Waals surface area contributed by atoms with E-state index in [1.165, 1.54) is 32.1 Å². The van der Waals surface area contributed by atoms with Crippen LogP contribution in [-0.4, -0.2) is 27.6 Å². The molecule has 0 unspecified atom stereocenters. The van der Waals surface area contributed by atoms with Crippen molar-refractivity contribution >= 4 is 35.0 Å².